The highest BCUT2D eigenvalue weighted by Crippen LogP contribution is 2.07. The SMILES string of the molecule is COC(C)=O.Nc1ccc(S)cc1. The number of methoxy groups -OCH3 is 1. The largest absolute Gasteiger partial charge is 0.469 e. The summed E-state index contributed by atoms with van der Waals surface area (Å²) in [5.41, 5.74) is 6.17. The maximum atomic E-state index is 9.59. The zero-order chi connectivity index (χ0) is 10.3. The van der Waals surface area contributed by atoms with E-state index in [-0.39, 0.29) is 5.97 Å². The van der Waals surface area contributed by atoms with Crippen LogP contribution in [0.15, 0.2) is 29.2 Å². The smallest absolute Gasteiger partial charge is 0.302 e. The van der Waals surface area contributed by atoms with Crippen LogP contribution < -0.4 is 5.73 Å². The lowest BCUT2D eigenvalue weighted by Gasteiger charge is -1.89. The third kappa shape index (κ3) is 7.21. The summed E-state index contributed by atoms with van der Waals surface area (Å²) in [7, 11) is 1.35. The molecule has 0 saturated heterocycles. The summed E-state index contributed by atoms with van der Waals surface area (Å²) in [6, 6.07) is 7.36. The average Bonchev–Trinajstić information content (AvgIpc) is 2.11. The number of ether oxygens (including phenoxy) is 1. The summed E-state index contributed by atoms with van der Waals surface area (Å²) >= 11 is 4.08. The lowest BCUT2D eigenvalue weighted by molar-refractivity contribution is -0.137. The molecular formula is C9H13NO2S. The van der Waals surface area contributed by atoms with Gasteiger partial charge in [0, 0.05) is 17.5 Å². The van der Waals surface area contributed by atoms with Crippen LogP contribution in [0.4, 0.5) is 5.69 Å². The van der Waals surface area contributed by atoms with Crippen molar-refractivity contribution in [1.82, 2.24) is 0 Å². The van der Waals surface area contributed by atoms with E-state index in [0.717, 1.165) is 10.6 Å². The maximum Gasteiger partial charge on any atom is 0.302 e. The first-order valence-corrected chi connectivity index (χ1v) is 4.10. The molecule has 3 nitrogen and oxygen atoms in total. The summed E-state index contributed by atoms with van der Waals surface area (Å²) in [5, 5.41) is 0. The van der Waals surface area contributed by atoms with Crippen LogP contribution in [0, 0.1) is 0 Å². The van der Waals surface area contributed by atoms with Crippen molar-refractivity contribution in [1.29, 1.82) is 0 Å². The number of anilines is 1. The minimum Gasteiger partial charge on any atom is -0.469 e. The molecule has 1 aromatic carbocycles. The van der Waals surface area contributed by atoms with Crippen LogP contribution in [0.5, 0.6) is 0 Å². The zero-order valence-electron chi connectivity index (χ0n) is 7.65. The fourth-order valence-electron chi connectivity index (χ4n) is 0.474. The van der Waals surface area contributed by atoms with Gasteiger partial charge in [0.25, 0.3) is 0 Å². The molecule has 4 heteroatoms. The van der Waals surface area contributed by atoms with E-state index in [9.17, 15) is 4.79 Å². The quantitative estimate of drug-likeness (QED) is 0.380. The Hall–Kier alpha value is -1.16. The second-order valence-electron chi connectivity index (χ2n) is 2.29. The first kappa shape index (κ1) is 11.8. The third-order valence-electron chi connectivity index (χ3n) is 1.18. The van der Waals surface area contributed by atoms with Crippen LogP contribution >= 0.6 is 12.6 Å². The Balaban J connectivity index is 0.000000252. The molecule has 72 valence electrons. The van der Waals surface area contributed by atoms with Crippen molar-refractivity contribution >= 4 is 24.3 Å². The molecule has 0 fully saturated rings. The van der Waals surface area contributed by atoms with Gasteiger partial charge in [-0.15, -0.1) is 12.6 Å². The van der Waals surface area contributed by atoms with E-state index in [1.807, 2.05) is 24.3 Å². The van der Waals surface area contributed by atoms with E-state index in [1.165, 1.54) is 14.0 Å². The first-order chi connectivity index (χ1) is 6.06. The van der Waals surface area contributed by atoms with Crippen molar-refractivity contribution in [3.63, 3.8) is 0 Å². The summed E-state index contributed by atoms with van der Waals surface area (Å²) in [6.07, 6.45) is 0. The van der Waals surface area contributed by atoms with Crippen LogP contribution in [0.25, 0.3) is 0 Å². The number of benzene rings is 1. The van der Waals surface area contributed by atoms with Gasteiger partial charge in [-0.1, -0.05) is 0 Å². The Kier molecular flexibility index (Phi) is 5.80. The second-order valence-corrected chi connectivity index (χ2v) is 2.80. The molecule has 0 saturated carbocycles. The summed E-state index contributed by atoms with van der Waals surface area (Å²) in [5.74, 6) is -0.245. The molecule has 0 spiro atoms. The van der Waals surface area contributed by atoms with E-state index >= 15 is 0 Å². The van der Waals surface area contributed by atoms with Gasteiger partial charge in [0.1, 0.15) is 0 Å². The van der Waals surface area contributed by atoms with Crippen molar-refractivity contribution in [2.75, 3.05) is 12.8 Å². The number of nitrogen functional groups attached to an aromatic ring is 1. The normalized spacial score (nSPS) is 8.23. The molecule has 0 radical (unpaired) electrons. The summed E-state index contributed by atoms with van der Waals surface area (Å²) in [6.45, 7) is 1.36. The van der Waals surface area contributed by atoms with Gasteiger partial charge in [0.15, 0.2) is 0 Å². The molecule has 0 atom stereocenters. The monoisotopic (exact) mass is 199 g/mol. The van der Waals surface area contributed by atoms with E-state index < -0.39 is 0 Å². The predicted octanol–water partition coefficient (Wildman–Crippen LogP) is 1.74. The maximum absolute atomic E-state index is 9.59. The van der Waals surface area contributed by atoms with Crippen LogP contribution in [0.2, 0.25) is 0 Å². The molecule has 0 unspecified atom stereocenters. The molecule has 1 aromatic rings. The molecular weight excluding hydrogens is 186 g/mol. The Bertz CT molecular complexity index is 238. The van der Waals surface area contributed by atoms with E-state index in [0.29, 0.717) is 0 Å². The molecule has 0 bridgehead atoms. The number of esters is 1. The van der Waals surface area contributed by atoms with Gasteiger partial charge in [0.05, 0.1) is 7.11 Å². The highest BCUT2D eigenvalue weighted by molar-refractivity contribution is 7.80. The van der Waals surface area contributed by atoms with Crippen molar-refractivity contribution in [3.05, 3.63) is 24.3 Å². The van der Waals surface area contributed by atoms with Gasteiger partial charge in [0.2, 0.25) is 0 Å². The molecule has 2 N–H and O–H groups in total. The number of thiol groups is 1. The average molecular weight is 199 g/mol. The third-order valence-corrected chi connectivity index (χ3v) is 1.48. The molecule has 0 aromatic heterocycles. The number of carbonyl (C=O) groups excluding carboxylic acids is 1. The van der Waals surface area contributed by atoms with Crippen molar-refractivity contribution in [2.45, 2.75) is 11.8 Å². The lowest BCUT2D eigenvalue weighted by atomic mass is 10.3. The van der Waals surface area contributed by atoms with Crippen molar-refractivity contribution in [3.8, 4) is 0 Å². The van der Waals surface area contributed by atoms with Crippen LogP contribution in [-0.4, -0.2) is 13.1 Å². The first-order valence-electron chi connectivity index (χ1n) is 3.65. The zero-order valence-corrected chi connectivity index (χ0v) is 8.54. The Morgan fingerprint density at radius 1 is 1.38 bits per heavy atom. The highest BCUT2D eigenvalue weighted by Gasteiger charge is 1.81. The molecule has 13 heavy (non-hydrogen) atoms. The fourth-order valence-corrected chi connectivity index (χ4v) is 0.623. The number of hydrogen-bond acceptors (Lipinski definition) is 4. The molecule has 0 amide bonds. The number of rotatable bonds is 0. The molecule has 0 aliphatic heterocycles. The van der Waals surface area contributed by atoms with E-state index in [2.05, 4.69) is 17.4 Å². The molecule has 1 rings (SSSR count). The Labute approximate surface area is 83.3 Å². The van der Waals surface area contributed by atoms with Crippen molar-refractivity contribution in [2.24, 2.45) is 0 Å². The van der Waals surface area contributed by atoms with Gasteiger partial charge >= 0.3 is 5.97 Å². The van der Waals surface area contributed by atoms with Crippen molar-refractivity contribution < 1.29 is 9.53 Å². The van der Waals surface area contributed by atoms with E-state index in [4.69, 9.17) is 5.73 Å². The molecule has 0 aliphatic carbocycles. The Morgan fingerprint density at radius 3 is 2.00 bits per heavy atom. The van der Waals surface area contributed by atoms with Gasteiger partial charge in [-0.25, -0.2) is 0 Å². The topological polar surface area (TPSA) is 52.3 Å². The standard InChI is InChI=1S/C6H7NS.C3H6O2/c7-5-1-3-6(8)4-2-5;1-3(4)5-2/h1-4,8H,7H2;1-2H3. The second kappa shape index (κ2) is 6.37. The minimum absolute atomic E-state index is 0.245. The number of hydrogen-bond donors (Lipinski definition) is 2. The van der Waals surface area contributed by atoms with Gasteiger partial charge in [-0.05, 0) is 24.3 Å². The van der Waals surface area contributed by atoms with Gasteiger partial charge in [-0.3, -0.25) is 4.79 Å². The predicted molar refractivity (Wildman–Crippen MR) is 55.8 cm³/mol. The lowest BCUT2D eigenvalue weighted by Crippen LogP contribution is -1.88. The van der Waals surface area contributed by atoms with Gasteiger partial charge in [-0.2, -0.15) is 0 Å². The van der Waals surface area contributed by atoms with Gasteiger partial charge < -0.3 is 10.5 Å². The van der Waals surface area contributed by atoms with Crippen LogP contribution in [0.1, 0.15) is 6.92 Å². The van der Waals surface area contributed by atoms with Crippen LogP contribution in [0.3, 0.4) is 0 Å². The Morgan fingerprint density at radius 2 is 1.77 bits per heavy atom. The summed E-state index contributed by atoms with van der Waals surface area (Å²) in [4.78, 5) is 10.5. The van der Waals surface area contributed by atoms with Crippen LogP contribution in [-0.2, 0) is 9.53 Å². The minimum atomic E-state index is -0.245. The molecule has 0 heterocycles. The molecule has 0 aliphatic rings. The fraction of sp³-hybridized carbons (Fsp3) is 0.222. The summed E-state index contributed by atoms with van der Waals surface area (Å²) < 4.78 is 4.11. The number of nitrogens with two attached hydrogens (primary N) is 1. The number of carbonyl (C=O) groups is 1. The van der Waals surface area contributed by atoms with E-state index in [1.54, 1.807) is 0 Å². The highest BCUT2D eigenvalue weighted by atomic mass is 32.1.